The van der Waals surface area contributed by atoms with Gasteiger partial charge in [-0.05, 0) is 30.5 Å². The van der Waals surface area contributed by atoms with Crippen molar-refractivity contribution in [2.24, 2.45) is 15.9 Å². The van der Waals surface area contributed by atoms with E-state index in [9.17, 15) is 8.42 Å². The van der Waals surface area contributed by atoms with E-state index in [1.54, 1.807) is 12.1 Å². The Morgan fingerprint density at radius 3 is 2.43 bits per heavy atom. The minimum atomic E-state index is -3.62. The summed E-state index contributed by atoms with van der Waals surface area (Å²) in [5, 5.41) is 8.05. The molecule has 1 rings (SSSR count). The van der Waals surface area contributed by atoms with Gasteiger partial charge in [0, 0.05) is 13.1 Å². The maximum Gasteiger partial charge on any atom is 0.238 e. The molecule has 0 aromatic heterocycles. The number of halogens is 1. The normalized spacial score (nSPS) is 11.8. The van der Waals surface area contributed by atoms with E-state index in [0.29, 0.717) is 12.5 Å². The zero-order valence-electron chi connectivity index (χ0n) is 12.1. The molecule has 0 saturated carbocycles. The monoisotopic (exact) mass is 426 g/mol. The van der Waals surface area contributed by atoms with Crippen LogP contribution in [0.15, 0.2) is 34.2 Å². The van der Waals surface area contributed by atoms with Crippen molar-refractivity contribution in [1.82, 2.24) is 5.32 Å². The van der Waals surface area contributed by atoms with Crippen molar-refractivity contribution >= 4 is 40.0 Å². The molecular formula is C13H23IN4O2S. The fraction of sp³-hybridized carbons (Fsp3) is 0.462. The number of nitrogens with one attached hydrogen (secondary N) is 1. The second-order valence-electron chi connectivity index (χ2n) is 4.49. The number of hydrogen-bond donors (Lipinski definition) is 3. The summed E-state index contributed by atoms with van der Waals surface area (Å²) in [5.41, 5.74) is 6.71. The first-order valence-corrected chi connectivity index (χ1v) is 8.13. The zero-order chi connectivity index (χ0) is 15.0. The summed E-state index contributed by atoms with van der Waals surface area (Å²) in [6.45, 7) is 3.49. The summed E-state index contributed by atoms with van der Waals surface area (Å²) in [7, 11) is -3.62. The number of benzene rings is 1. The number of hydrogen-bond acceptors (Lipinski definition) is 3. The van der Waals surface area contributed by atoms with E-state index in [4.69, 9.17) is 10.9 Å². The molecule has 0 saturated heterocycles. The van der Waals surface area contributed by atoms with Gasteiger partial charge >= 0.3 is 0 Å². The van der Waals surface area contributed by atoms with Gasteiger partial charge in [-0.15, -0.1) is 24.0 Å². The van der Waals surface area contributed by atoms with E-state index in [1.807, 2.05) is 0 Å². The molecule has 0 atom stereocenters. The molecule has 0 fully saturated rings. The largest absolute Gasteiger partial charge is 0.370 e. The van der Waals surface area contributed by atoms with Crippen LogP contribution in [0.3, 0.4) is 0 Å². The van der Waals surface area contributed by atoms with Crippen molar-refractivity contribution in [1.29, 1.82) is 0 Å². The van der Waals surface area contributed by atoms with E-state index in [-0.39, 0.29) is 28.9 Å². The van der Waals surface area contributed by atoms with E-state index in [1.165, 1.54) is 12.1 Å². The quantitative estimate of drug-likeness (QED) is 0.263. The Hall–Kier alpha value is -0.870. The van der Waals surface area contributed by atoms with Crippen molar-refractivity contribution in [3.63, 3.8) is 0 Å². The first kappa shape index (κ1) is 20.1. The molecule has 1 aromatic carbocycles. The lowest BCUT2D eigenvalue weighted by Gasteiger charge is -2.06. The third kappa shape index (κ3) is 8.22. The van der Waals surface area contributed by atoms with Gasteiger partial charge in [-0.2, -0.15) is 0 Å². The minimum absolute atomic E-state index is 0. The predicted molar refractivity (Wildman–Crippen MR) is 96.3 cm³/mol. The molecule has 1 aromatic rings. The number of sulfonamides is 1. The number of nitrogens with zero attached hydrogens (tertiary/aromatic N) is 1. The number of nitrogens with two attached hydrogens (primary N) is 2. The van der Waals surface area contributed by atoms with Crippen LogP contribution in [-0.2, 0) is 16.4 Å². The molecule has 0 aliphatic heterocycles. The van der Waals surface area contributed by atoms with Gasteiger partial charge in [-0.3, -0.25) is 4.99 Å². The Labute approximate surface area is 143 Å². The summed E-state index contributed by atoms with van der Waals surface area (Å²) >= 11 is 0. The highest BCUT2D eigenvalue weighted by Crippen LogP contribution is 2.08. The summed E-state index contributed by atoms with van der Waals surface area (Å²) in [6.07, 6.45) is 2.85. The average molecular weight is 426 g/mol. The van der Waals surface area contributed by atoms with Crippen LogP contribution in [0.1, 0.15) is 25.3 Å². The molecular weight excluding hydrogens is 403 g/mol. The molecule has 0 radical (unpaired) electrons. The predicted octanol–water partition coefficient (Wildman–Crippen LogP) is 1.20. The fourth-order valence-electron chi connectivity index (χ4n) is 1.59. The van der Waals surface area contributed by atoms with Crippen LogP contribution in [0.2, 0.25) is 0 Å². The summed E-state index contributed by atoms with van der Waals surface area (Å²) in [4.78, 5) is 4.30. The zero-order valence-corrected chi connectivity index (χ0v) is 15.2. The average Bonchev–Trinajstić information content (AvgIpc) is 2.38. The summed E-state index contributed by atoms with van der Waals surface area (Å²) < 4.78 is 22.2. The number of rotatable bonds is 7. The first-order chi connectivity index (χ1) is 9.43. The van der Waals surface area contributed by atoms with E-state index in [2.05, 4.69) is 17.2 Å². The van der Waals surface area contributed by atoms with Gasteiger partial charge in [-0.1, -0.05) is 25.5 Å². The van der Waals surface area contributed by atoms with Gasteiger partial charge < -0.3 is 11.1 Å². The molecule has 120 valence electrons. The molecule has 6 nitrogen and oxygen atoms in total. The van der Waals surface area contributed by atoms with E-state index >= 15 is 0 Å². The number of primary sulfonamides is 1. The summed E-state index contributed by atoms with van der Waals surface area (Å²) in [5.74, 6) is 0.444. The topological polar surface area (TPSA) is 111 Å². The number of guanidine groups is 1. The molecule has 0 aliphatic rings. The molecule has 0 heterocycles. The van der Waals surface area contributed by atoms with Gasteiger partial charge in [0.05, 0.1) is 4.90 Å². The van der Waals surface area contributed by atoms with Crippen LogP contribution < -0.4 is 16.2 Å². The van der Waals surface area contributed by atoms with Crippen molar-refractivity contribution in [3.05, 3.63) is 29.8 Å². The molecule has 0 amide bonds. The van der Waals surface area contributed by atoms with Crippen LogP contribution in [0.4, 0.5) is 0 Å². The van der Waals surface area contributed by atoms with Crippen LogP contribution in [-0.4, -0.2) is 27.5 Å². The van der Waals surface area contributed by atoms with Crippen molar-refractivity contribution in [2.75, 3.05) is 13.1 Å². The number of aliphatic imine (C=N–C) groups is 1. The van der Waals surface area contributed by atoms with Crippen molar-refractivity contribution in [3.8, 4) is 0 Å². The lowest BCUT2D eigenvalue weighted by Crippen LogP contribution is -2.33. The highest BCUT2D eigenvalue weighted by atomic mass is 127. The SMILES string of the molecule is CCCCN=C(N)NCCc1ccc(S(N)(=O)=O)cc1.I. The van der Waals surface area contributed by atoms with Crippen LogP contribution in [0.5, 0.6) is 0 Å². The van der Waals surface area contributed by atoms with Gasteiger partial charge in [0.15, 0.2) is 5.96 Å². The maximum absolute atomic E-state index is 11.1. The highest BCUT2D eigenvalue weighted by molar-refractivity contribution is 14.0. The van der Waals surface area contributed by atoms with Gasteiger partial charge in [-0.25, -0.2) is 13.6 Å². The molecule has 0 unspecified atom stereocenters. The second-order valence-corrected chi connectivity index (χ2v) is 6.05. The minimum Gasteiger partial charge on any atom is -0.370 e. The third-order valence-corrected chi connectivity index (χ3v) is 3.69. The Bertz CT molecular complexity index is 544. The molecule has 0 aliphatic carbocycles. The molecule has 0 bridgehead atoms. The summed E-state index contributed by atoms with van der Waals surface area (Å²) in [6, 6.07) is 6.49. The second kappa shape index (κ2) is 9.96. The van der Waals surface area contributed by atoms with E-state index < -0.39 is 10.0 Å². The Kier molecular flexibility index (Phi) is 9.54. The fourth-order valence-corrected chi connectivity index (χ4v) is 2.11. The van der Waals surface area contributed by atoms with E-state index in [0.717, 1.165) is 31.4 Å². The molecule has 8 heteroatoms. The standard InChI is InChI=1S/C13H22N4O2S.HI/c1-2-3-9-16-13(14)17-10-8-11-4-6-12(7-5-11)20(15,18)19;/h4-7H,2-3,8-10H2,1H3,(H3,14,16,17)(H2,15,18,19);1H. The smallest absolute Gasteiger partial charge is 0.238 e. The van der Waals surface area contributed by atoms with Crippen molar-refractivity contribution in [2.45, 2.75) is 31.1 Å². The van der Waals surface area contributed by atoms with Crippen LogP contribution in [0.25, 0.3) is 0 Å². The lowest BCUT2D eigenvalue weighted by atomic mass is 10.1. The third-order valence-electron chi connectivity index (χ3n) is 2.77. The molecule has 5 N–H and O–H groups in total. The Morgan fingerprint density at radius 2 is 1.90 bits per heavy atom. The van der Waals surface area contributed by atoms with Crippen LogP contribution >= 0.6 is 24.0 Å². The van der Waals surface area contributed by atoms with Crippen molar-refractivity contribution < 1.29 is 8.42 Å². The Morgan fingerprint density at radius 1 is 1.29 bits per heavy atom. The highest BCUT2D eigenvalue weighted by Gasteiger charge is 2.06. The number of unbranched alkanes of at least 4 members (excludes halogenated alkanes) is 1. The Balaban J connectivity index is 0.00000400. The first-order valence-electron chi connectivity index (χ1n) is 6.59. The maximum atomic E-state index is 11.1. The molecule has 0 spiro atoms. The van der Waals surface area contributed by atoms with Gasteiger partial charge in [0.25, 0.3) is 0 Å². The van der Waals surface area contributed by atoms with Crippen LogP contribution in [0, 0.1) is 0 Å². The van der Waals surface area contributed by atoms with Gasteiger partial charge in [0.2, 0.25) is 10.0 Å². The lowest BCUT2D eigenvalue weighted by molar-refractivity contribution is 0.598. The molecule has 21 heavy (non-hydrogen) atoms. The van der Waals surface area contributed by atoms with Gasteiger partial charge in [0.1, 0.15) is 0 Å².